The van der Waals surface area contributed by atoms with E-state index in [-0.39, 0.29) is 11.6 Å². The summed E-state index contributed by atoms with van der Waals surface area (Å²) in [6.45, 7) is 0. The summed E-state index contributed by atoms with van der Waals surface area (Å²) in [6.07, 6.45) is 0. The topological polar surface area (TPSA) is 81.7 Å². The molecule has 0 saturated heterocycles. The van der Waals surface area contributed by atoms with Gasteiger partial charge >= 0.3 is 0 Å². The van der Waals surface area contributed by atoms with Gasteiger partial charge in [0.05, 0.1) is 23.3 Å². The van der Waals surface area contributed by atoms with Gasteiger partial charge in [0.2, 0.25) is 0 Å². The molecule has 0 unspecified atom stereocenters. The van der Waals surface area contributed by atoms with Crippen molar-refractivity contribution in [3.8, 4) is 12.1 Å². The minimum atomic E-state index is -0.742. The highest BCUT2D eigenvalue weighted by Crippen LogP contribution is 2.40. The van der Waals surface area contributed by atoms with Crippen LogP contribution >= 0.6 is 0 Å². The van der Waals surface area contributed by atoms with Gasteiger partial charge in [-0.05, 0) is 35.4 Å². The molecule has 3 rings (SSSR count). The predicted molar refractivity (Wildman–Crippen MR) is 77.8 cm³/mol. The van der Waals surface area contributed by atoms with Gasteiger partial charge in [-0.2, -0.15) is 10.5 Å². The van der Waals surface area contributed by atoms with Crippen molar-refractivity contribution in [1.82, 2.24) is 0 Å². The van der Waals surface area contributed by atoms with Gasteiger partial charge in [-0.25, -0.2) is 0 Å². The Bertz CT molecular complexity index is 751. The first-order valence-corrected chi connectivity index (χ1v) is 6.73. The van der Waals surface area contributed by atoms with Gasteiger partial charge in [0.25, 0.3) is 0 Å². The molecule has 0 spiro atoms. The number of hydrogen-bond donors (Lipinski definition) is 0. The van der Waals surface area contributed by atoms with Crippen LogP contribution in [-0.2, 0) is 9.59 Å². The van der Waals surface area contributed by atoms with Crippen molar-refractivity contribution in [2.24, 2.45) is 0 Å². The maximum Gasteiger partial charge on any atom is 0.162 e. The number of benzene rings is 2. The molecule has 0 atom stereocenters. The maximum absolute atomic E-state index is 12.3. The van der Waals surface area contributed by atoms with E-state index in [2.05, 4.69) is 0 Å². The van der Waals surface area contributed by atoms with E-state index in [1.807, 2.05) is 12.1 Å². The fraction of sp³-hybridized carbons (Fsp3) is 0.111. The third-order valence-corrected chi connectivity index (χ3v) is 3.88. The molecule has 2 aromatic rings. The van der Waals surface area contributed by atoms with E-state index in [9.17, 15) is 9.59 Å². The van der Waals surface area contributed by atoms with Crippen LogP contribution in [0.1, 0.15) is 34.1 Å². The molecule has 4 nitrogen and oxygen atoms in total. The van der Waals surface area contributed by atoms with Gasteiger partial charge in [0, 0.05) is 0 Å². The van der Waals surface area contributed by atoms with Crippen molar-refractivity contribution in [3.63, 3.8) is 0 Å². The molecular weight excluding hydrogens is 276 g/mol. The average Bonchev–Trinajstić information content (AvgIpc) is 2.56. The minimum Gasteiger partial charge on any atom is -0.297 e. The van der Waals surface area contributed by atoms with Crippen molar-refractivity contribution in [2.75, 3.05) is 0 Å². The molecule has 0 heterocycles. The molecule has 1 aliphatic rings. The lowest BCUT2D eigenvalue weighted by molar-refractivity contribution is -0.142. The lowest BCUT2D eigenvalue weighted by Crippen LogP contribution is -2.44. The minimum absolute atomic E-state index is 0.139. The Balaban J connectivity index is 1.84. The van der Waals surface area contributed by atoms with Crippen LogP contribution in [-0.4, -0.2) is 11.6 Å². The fourth-order valence-electron chi connectivity index (χ4n) is 2.67. The van der Waals surface area contributed by atoms with Crippen molar-refractivity contribution < 1.29 is 9.59 Å². The molecule has 0 bridgehead atoms. The highest BCUT2D eigenvalue weighted by molar-refractivity contribution is 6.31. The molecule has 0 N–H and O–H groups in total. The van der Waals surface area contributed by atoms with E-state index >= 15 is 0 Å². The summed E-state index contributed by atoms with van der Waals surface area (Å²) < 4.78 is 0. The van der Waals surface area contributed by atoms with Crippen molar-refractivity contribution >= 4 is 11.6 Å². The zero-order chi connectivity index (χ0) is 15.7. The quantitative estimate of drug-likeness (QED) is 0.794. The van der Waals surface area contributed by atoms with Gasteiger partial charge in [0.15, 0.2) is 11.6 Å². The Labute approximate surface area is 127 Å². The second-order valence-electron chi connectivity index (χ2n) is 5.14. The second kappa shape index (κ2) is 5.27. The van der Waals surface area contributed by atoms with Crippen LogP contribution in [0.2, 0.25) is 0 Å². The van der Waals surface area contributed by atoms with Crippen LogP contribution in [0.25, 0.3) is 0 Å². The van der Waals surface area contributed by atoms with Crippen LogP contribution < -0.4 is 0 Å². The number of nitriles is 2. The highest BCUT2D eigenvalue weighted by atomic mass is 16.2. The fourth-order valence-corrected chi connectivity index (χ4v) is 2.67. The van der Waals surface area contributed by atoms with E-state index < -0.39 is 11.8 Å². The lowest BCUT2D eigenvalue weighted by Gasteiger charge is -2.32. The zero-order valence-electron chi connectivity index (χ0n) is 11.5. The Morgan fingerprint density at radius 3 is 1.23 bits per heavy atom. The van der Waals surface area contributed by atoms with Gasteiger partial charge in [-0.15, -0.1) is 0 Å². The molecule has 0 aliphatic heterocycles. The molecule has 1 fully saturated rings. The molecule has 0 amide bonds. The molecule has 0 radical (unpaired) electrons. The molecule has 1 saturated carbocycles. The molecule has 0 aromatic heterocycles. The summed E-state index contributed by atoms with van der Waals surface area (Å²) in [6, 6.07) is 17.0. The van der Waals surface area contributed by atoms with E-state index in [0.717, 1.165) is 0 Å². The molecule has 1 aliphatic carbocycles. The summed E-state index contributed by atoms with van der Waals surface area (Å²) in [5, 5.41) is 17.5. The SMILES string of the molecule is N#Cc1ccc(C2C(=O)C(c3ccc(C#N)cc3)C2=O)cc1. The van der Waals surface area contributed by atoms with Crippen molar-refractivity contribution in [2.45, 2.75) is 11.8 Å². The first kappa shape index (κ1) is 13.7. The van der Waals surface area contributed by atoms with E-state index in [4.69, 9.17) is 10.5 Å². The van der Waals surface area contributed by atoms with Crippen LogP contribution in [0.5, 0.6) is 0 Å². The van der Waals surface area contributed by atoms with Gasteiger partial charge in [0.1, 0.15) is 11.8 Å². The monoisotopic (exact) mass is 286 g/mol. The third kappa shape index (κ3) is 2.08. The van der Waals surface area contributed by atoms with Crippen LogP contribution in [0.4, 0.5) is 0 Å². The predicted octanol–water partition coefficient (Wildman–Crippen LogP) is 2.45. The second-order valence-corrected chi connectivity index (χ2v) is 5.14. The van der Waals surface area contributed by atoms with Crippen LogP contribution in [0, 0.1) is 22.7 Å². The average molecular weight is 286 g/mol. The molecule has 104 valence electrons. The number of rotatable bonds is 2. The number of Topliss-reactive ketones (excluding diaryl/α,β-unsaturated/α-hetero) is 2. The van der Waals surface area contributed by atoms with E-state index in [0.29, 0.717) is 22.3 Å². The Morgan fingerprint density at radius 1 is 0.636 bits per heavy atom. The number of carbonyl (C=O) groups excluding carboxylic acids is 2. The van der Waals surface area contributed by atoms with Gasteiger partial charge in [-0.3, -0.25) is 9.59 Å². The lowest BCUT2D eigenvalue weighted by atomic mass is 9.66. The summed E-state index contributed by atoms with van der Waals surface area (Å²) in [5.74, 6) is -1.76. The maximum atomic E-state index is 12.3. The molecule has 4 heteroatoms. The van der Waals surface area contributed by atoms with Crippen molar-refractivity contribution in [3.05, 3.63) is 70.8 Å². The largest absolute Gasteiger partial charge is 0.297 e. The normalized spacial score (nSPS) is 19.9. The first-order chi connectivity index (χ1) is 10.7. The van der Waals surface area contributed by atoms with E-state index in [1.165, 1.54) is 0 Å². The number of ketones is 2. The van der Waals surface area contributed by atoms with Crippen molar-refractivity contribution in [1.29, 1.82) is 10.5 Å². The number of hydrogen-bond acceptors (Lipinski definition) is 4. The first-order valence-electron chi connectivity index (χ1n) is 6.73. The highest BCUT2D eigenvalue weighted by Gasteiger charge is 2.50. The molecular formula is C18H10N2O2. The molecule has 22 heavy (non-hydrogen) atoms. The number of nitrogens with zero attached hydrogens (tertiary/aromatic N) is 2. The zero-order valence-corrected chi connectivity index (χ0v) is 11.5. The molecule has 2 aromatic carbocycles. The smallest absolute Gasteiger partial charge is 0.162 e. The Morgan fingerprint density at radius 2 is 0.955 bits per heavy atom. The third-order valence-electron chi connectivity index (χ3n) is 3.88. The Kier molecular flexibility index (Phi) is 3.29. The summed E-state index contributed by atoms with van der Waals surface area (Å²) in [5.41, 5.74) is 2.23. The Hall–Kier alpha value is -3.24. The summed E-state index contributed by atoms with van der Waals surface area (Å²) >= 11 is 0. The summed E-state index contributed by atoms with van der Waals surface area (Å²) in [4.78, 5) is 24.7. The standard InChI is InChI=1S/C18H10N2O2/c19-9-11-1-5-13(6-2-11)15-17(21)16(18(15)22)14-7-3-12(10-20)4-8-14/h1-8,15-16H. The van der Waals surface area contributed by atoms with E-state index in [1.54, 1.807) is 48.5 Å². The van der Waals surface area contributed by atoms with Crippen LogP contribution in [0.15, 0.2) is 48.5 Å². The number of carbonyl (C=O) groups is 2. The van der Waals surface area contributed by atoms with Gasteiger partial charge < -0.3 is 0 Å². The van der Waals surface area contributed by atoms with Crippen LogP contribution in [0.3, 0.4) is 0 Å². The van der Waals surface area contributed by atoms with Gasteiger partial charge in [-0.1, -0.05) is 24.3 Å². The summed E-state index contributed by atoms with van der Waals surface area (Å²) in [7, 11) is 0.